The number of rotatable bonds is 6. The monoisotopic (exact) mass is 957 g/mol. The van der Waals surface area contributed by atoms with E-state index >= 15 is 0 Å². The zero-order valence-corrected chi connectivity index (χ0v) is 40.3. The lowest BCUT2D eigenvalue weighted by Crippen LogP contribution is -1.99. The summed E-state index contributed by atoms with van der Waals surface area (Å²) in [5, 5.41) is 10.3. The maximum absolute atomic E-state index is 4.27. The van der Waals surface area contributed by atoms with Gasteiger partial charge in [0.25, 0.3) is 0 Å². The summed E-state index contributed by atoms with van der Waals surface area (Å²) in [6.45, 7) is 0. The van der Waals surface area contributed by atoms with E-state index in [4.69, 9.17) is 0 Å². The standard InChI is InChI=1S/C64H46BrS2/c65-62-52(36-54-28-30-56-58(48-24-20-40-10-1-5-14-44(40)32-48)38-60(66-63(54)56)50-26-22-42-12-3-7-16-46(42)34-50)18-9-19-53(62)37-55-29-31-57-59(49-25-21-41-11-2-6-15-45(41)33-49)39-61(67-64(55)57)51-27-23-43-13-4-8-17-47(43)35-51/h1-8,10-17,20-27,32-39H,9,18-19,28-31H2/q+1. The molecule has 3 aliphatic carbocycles. The van der Waals surface area contributed by atoms with Crippen molar-refractivity contribution >= 4 is 98.2 Å². The molecule has 9 aromatic rings. The molecule has 0 atom stereocenters. The molecule has 0 amide bonds. The largest absolute Gasteiger partial charge is 0.239 e. The summed E-state index contributed by atoms with van der Waals surface area (Å²) < 4.78 is 1.29. The Bertz CT molecular complexity index is 3760. The van der Waals surface area contributed by atoms with Gasteiger partial charge in [-0.2, -0.15) is 0 Å². The molecule has 0 saturated heterocycles. The molecule has 2 heterocycles. The third kappa shape index (κ3) is 7.58. The van der Waals surface area contributed by atoms with Gasteiger partial charge >= 0.3 is 0 Å². The number of benzene rings is 8. The predicted molar refractivity (Wildman–Crippen MR) is 295 cm³/mol. The summed E-state index contributed by atoms with van der Waals surface area (Å²) in [6, 6.07) is 65.4. The Morgan fingerprint density at radius 3 is 1.64 bits per heavy atom. The van der Waals surface area contributed by atoms with Crippen molar-refractivity contribution in [2.45, 2.75) is 44.9 Å². The van der Waals surface area contributed by atoms with E-state index in [1.165, 1.54) is 134 Å². The minimum atomic E-state index is 1.05. The Balaban J connectivity index is 0.907. The molecular formula is C64H46BrS2+. The fraction of sp³-hybridized carbons (Fsp3) is 0.109. The van der Waals surface area contributed by atoms with Crippen molar-refractivity contribution in [3.8, 4) is 21.6 Å². The van der Waals surface area contributed by atoms with Crippen LogP contribution in [0.1, 0.15) is 60.1 Å². The van der Waals surface area contributed by atoms with Gasteiger partial charge in [0.2, 0.25) is 21.1 Å². The maximum Gasteiger partial charge on any atom is 0.239 e. The van der Waals surface area contributed by atoms with E-state index in [9.17, 15) is 0 Å². The summed E-state index contributed by atoms with van der Waals surface area (Å²) >= 11 is 8.23. The summed E-state index contributed by atoms with van der Waals surface area (Å²) in [5.74, 6) is 0. The zero-order chi connectivity index (χ0) is 44.4. The van der Waals surface area contributed by atoms with Gasteiger partial charge in [-0.3, -0.25) is 0 Å². The average molecular weight is 959 g/mol. The molecule has 0 saturated carbocycles. The quantitative estimate of drug-likeness (QED) is 0.150. The Morgan fingerprint density at radius 1 is 0.448 bits per heavy atom. The lowest BCUT2D eigenvalue weighted by Gasteiger charge is -2.22. The van der Waals surface area contributed by atoms with Gasteiger partial charge in [-0.15, -0.1) is 0 Å². The van der Waals surface area contributed by atoms with Crippen LogP contribution in [0, 0.1) is 0 Å². The molecule has 0 bridgehead atoms. The molecule has 8 aromatic carbocycles. The molecule has 1 aromatic heterocycles. The van der Waals surface area contributed by atoms with Crippen LogP contribution in [0.15, 0.2) is 226 Å². The lowest BCUT2D eigenvalue weighted by atomic mass is 9.92. The number of allylic oxidation sites excluding steroid dienone is 10. The number of halogens is 1. The minimum absolute atomic E-state index is 1.05. The van der Waals surface area contributed by atoms with E-state index in [0.29, 0.717) is 0 Å². The second-order valence-corrected chi connectivity index (χ2v) is 21.4. The maximum atomic E-state index is 4.27. The average Bonchev–Trinajstić information content (AvgIpc) is 3.99. The predicted octanol–water partition coefficient (Wildman–Crippen LogP) is 19.4. The molecule has 0 radical (unpaired) electrons. The van der Waals surface area contributed by atoms with E-state index in [-0.39, 0.29) is 0 Å². The Kier molecular flexibility index (Phi) is 10.4. The Labute approximate surface area is 409 Å². The van der Waals surface area contributed by atoms with Crippen LogP contribution in [0.5, 0.6) is 0 Å². The fourth-order valence-corrected chi connectivity index (χ4v) is 14.1. The van der Waals surface area contributed by atoms with Crippen LogP contribution in [0.4, 0.5) is 0 Å². The number of hydrogen-bond acceptors (Lipinski definition) is 1. The number of hydrogen-bond donors (Lipinski definition) is 0. The third-order valence-corrected chi connectivity index (χ3v) is 18.0. The van der Waals surface area contributed by atoms with Crippen LogP contribution >= 0.6 is 39.0 Å². The Morgan fingerprint density at radius 2 is 0.985 bits per heavy atom. The topological polar surface area (TPSA) is 0 Å². The summed E-state index contributed by atoms with van der Waals surface area (Å²) in [4.78, 5) is 5.53. The third-order valence-electron chi connectivity index (χ3n) is 14.4. The molecule has 0 N–H and O–H groups in total. The highest BCUT2D eigenvalue weighted by Crippen LogP contribution is 2.54. The van der Waals surface area contributed by atoms with Gasteiger partial charge in [0.05, 0.1) is 0 Å². The molecule has 0 unspecified atom stereocenters. The normalized spacial score (nSPS) is 17.4. The first-order valence-corrected chi connectivity index (χ1v) is 26.1. The van der Waals surface area contributed by atoms with Crippen molar-refractivity contribution in [1.82, 2.24) is 0 Å². The summed E-state index contributed by atoms with van der Waals surface area (Å²) in [5.41, 5.74) is 16.7. The van der Waals surface area contributed by atoms with Crippen LogP contribution in [0.2, 0.25) is 0 Å². The van der Waals surface area contributed by atoms with Gasteiger partial charge in [0.15, 0.2) is 0 Å². The Hall–Kier alpha value is -6.36. The molecule has 0 nitrogen and oxygen atoms in total. The van der Waals surface area contributed by atoms with Gasteiger partial charge in [0.1, 0.15) is 0 Å². The van der Waals surface area contributed by atoms with Crippen LogP contribution in [-0.2, 0) is 6.42 Å². The first-order valence-electron chi connectivity index (χ1n) is 23.7. The molecular weight excluding hydrogens is 913 g/mol. The number of thioether (sulfide) groups is 1. The lowest BCUT2D eigenvalue weighted by molar-refractivity contribution is 0.792. The first kappa shape index (κ1) is 40.9. The van der Waals surface area contributed by atoms with Gasteiger partial charge in [-0.1, -0.05) is 173 Å². The minimum Gasteiger partial charge on any atom is -0.0888 e. The first-order chi connectivity index (χ1) is 33.1. The van der Waals surface area contributed by atoms with Crippen molar-refractivity contribution in [3.63, 3.8) is 0 Å². The second-order valence-electron chi connectivity index (χ2n) is 18.5. The molecule has 1 aliphatic heterocycles. The zero-order valence-electron chi connectivity index (χ0n) is 37.1. The van der Waals surface area contributed by atoms with E-state index < -0.39 is 0 Å². The molecule has 320 valence electrons. The van der Waals surface area contributed by atoms with Crippen molar-refractivity contribution in [2.75, 3.05) is 0 Å². The highest BCUT2D eigenvalue weighted by Gasteiger charge is 2.33. The van der Waals surface area contributed by atoms with Gasteiger partial charge in [-0.25, -0.2) is 0 Å². The van der Waals surface area contributed by atoms with E-state index in [2.05, 4.69) is 210 Å². The van der Waals surface area contributed by atoms with Crippen LogP contribution in [0.3, 0.4) is 0 Å². The SMILES string of the molecule is BrC1=C(/C=C2\CCc3c(-c4ccc5ccccc5c4)cc(-c4ccc5ccccc5c4)[s+]c32)CCC/C1=C\C1=C2SC(c3ccc4ccccc4c3)=CC(c3ccc4ccccc4c3)=C2CC1. The highest BCUT2D eigenvalue weighted by atomic mass is 79.9. The van der Waals surface area contributed by atoms with Gasteiger partial charge in [0, 0.05) is 37.1 Å². The molecule has 0 spiro atoms. The molecule has 67 heavy (non-hydrogen) atoms. The molecule has 13 rings (SSSR count). The van der Waals surface area contributed by atoms with Crippen LogP contribution in [0.25, 0.3) is 80.7 Å². The van der Waals surface area contributed by atoms with E-state index in [1.54, 1.807) is 0 Å². The van der Waals surface area contributed by atoms with Crippen LogP contribution in [-0.4, -0.2) is 0 Å². The second kappa shape index (κ2) is 17.1. The van der Waals surface area contributed by atoms with Crippen molar-refractivity contribution in [3.05, 3.63) is 247 Å². The number of fused-ring (bicyclic) bond motifs is 6. The molecule has 3 heteroatoms. The van der Waals surface area contributed by atoms with E-state index in [1.807, 2.05) is 23.1 Å². The van der Waals surface area contributed by atoms with Crippen molar-refractivity contribution in [1.29, 1.82) is 0 Å². The van der Waals surface area contributed by atoms with Crippen molar-refractivity contribution < 1.29 is 0 Å². The highest BCUT2D eigenvalue weighted by molar-refractivity contribution is 9.12. The molecule has 4 aliphatic rings. The fourth-order valence-electron chi connectivity index (χ4n) is 10.9. The van der Waals surface area contributed by atoms with Gasteiger partial charge in [-0.05, 0) is 181 Å². The summed E-state index contributed by atoms with van der Waals surface area (Å²) in [7, 11) is 0. The van der Waals surface area contributed by atoms with Crippen molar-refractivity contribution in [2.24, 2.45) is 0 Å². The van der Waals surface area contributed by atoms with E-state index in [0.717, 1.165) is 44.9 Å². The summed E-state index contributed by atoms with van der Waals surface area (Å²) in [6.07, 6.45) is 15.1. The van der Waals surface area contributed by atoms with Crippen LogP contribution < -0.4 is 0 Å². The smallest absolute Gasteiger partial charge is 0.0888 e. The molecule has 0 fully saturated rings. The van der Waals surface area contributed by atoms with Gasteiger partial charge < -0.3 is 0 Å².